The molecule has 0 aliphatic heterocycles. The van der Waals surface area contributed by atoms with Crippen molar-refractivity contribution < 1.29 is 33.3 Å². The molecule has 5 aromatic rings. The van der Waals surface area contributed by atoms with E-state index < -0.39 is 18.5 Å². The highest BCUT2D eigenvalue weighted by atomic mass is 16.5. The normalized spacial score (nSPS) is 10.6. The molecule has 1 N–H and O–H groups in total. The van der Waals surface area contributed by atoms with E-state index in [1.807, 2.05) is 48.5 Å². The lowest BCUT2D eigenvalue weighted by Gasteiger charge is -2.12. The summed E-state index contributed by atoms with van der Waals surface area (Å²) in [6.07, 6.45) is 0. The first kappa shape index (κ1) is 28.9. The zero-order valence-corrected chi connectivity index (χ0v) is 24.0. The predicted molar refractivity (Wildman–Crippen MR) is 162 cm³/mol. The maximum atomic E-state index is 12.9. The number of methoxy groups -OCH3 is 4. The highest BCUT2D eigenvalue weighted by molar-refractivity contribution is 5.98. The standard InChI is InChI=1S/C33H29N3O7/c1-39-24-10-5-20(6-11-24)31-32(21-7-12-25(40-2)13-8-21)36-29-15-22(9-14-28(29)35-31)33(38)43-19-30(37)34-23-16-26(41-3)18-27(17-23)42-4/h5-18H,19H2,1-4H3,(H,34,37). The van der Waals surface area contributed by atoms with Crippen LogP contribution in [0, 0.1) is 0 Å². The van der Waals surface area contributed by atoms with E-state index >= 15 is 0 Å². The number of amides is 1. The summed E-state index contributed by atoms with van der Waals surface area (Å²) in [6.45, 7) is -0.490. The fraction of sp³-hybridized carbons (Fsp3) is 0.152. The average molecular weight is 580 g/mol. The molecule has 1 heterocycles. The SMILES string of the molecule is COc1ccc(-c2nc3ccc(C(=O)OCC(=O)Nc4cc(OC)cc(OC)c4)cc3nc2-c2ccc(OC)cc2)cc1. The highest BCUT2D eigenvalue weighted by Crippen LogP contribution is 2.33. The van der Waals surface area contributed by atoms with Crippen molar-refractivity contribution in [3.63, 3.8) is 0 Å². The molecule has 0 unspecified atom stereocenters. The molecule has 1 amide bonds. The Morgan fingerprint density at radius 1 is 0.605 bits per heavy atom. The molecule has 0 radical (unpaired) electrons. The van der Waals surface area contributed by atoms with Gasteiger partial charge in [0.1, 0.15) is 23.0 Å². The van der Waals surface area contributed by atoms with E-state index in [1.165, 1.54) is 14.2 Å². The van der Waals surface area contributed by atoms with Gasteiger partial charge in [-0.1, -0.05) is 0 Å². The Hall–Kier alpha value is -5.64. The molecule has 0 atom stereocenters. The van der Waals surface area contributed by atoms with Crippen LogP contribution >= 0.6 is 0 Å². The van der Waals surface area contributed by atoms with Crippen LogP contribution in [0.1, 0.15) is 10.4 Å². The van der Waals surface area contributed by atoms with Crippen LogP contribution in [-0.2, 0) is 9.53 Å². The number of hydrogen-bond acceptors (Lipinski definition) is 9. The molecule has 0 bridgehead atoms. The molecule has 1 aromatic heterocycles. The van der Waals surface area contributed by atoms with E-state index in [2.05, 4.69) is 5.32 Å². The zero-order valence-electron chi connectivity index (χ0n) is 24.0. The maximum Gasteiger partial charge on any atom is 0.338 e. The number of aromatic nitrogens is 2. The van der Waals surface area contributed by atoms with E-state index in [4.69, 9.17) is 33.7 Å². The maximum absolute atomic E-state index is 12.9. The summed E-state index contributed by atoms with van der Waals surface area (Å²) in [5.41, 5.74) is 4.71. The largest absolute Gasteiger partial charge is 0.497 e. The molecule has 0 aliphatic carbocycles. The van der Waals surface area contributed by atoms with Crippen LogP contribution in [-0.4, -0.2) is 56.9 Å². The molecule has 0 fully saturated rings. The molecule has 4 aromatic carbocycles. The number of ether oxygens (including phenoxy) is 5. The summed E-state index contributed by atoms with van der Waals surface area (Å²) in [5.74, 6) is 1.26. The first-order chi connectivity index (χ1) is 20.9. The number of rotatable bonds is 10. The monoisotopic (exact) mass is 579 g/mol. The highest BCUT2D eigenvalue weighted by Gasteiger charge is 2.17. The van der Waals surface area contributed by atoms with Gasteiger partial charge in [-0.05, 0) is 66.7 Å². The van der Waals surface area contributed by atoms with Gasteiger partial charge in [0.05, 0.1) is 56.4 Å². The second kappa shape index (κ2) is 12.9. The minimum Gasteiger partial charge on any atom is -0.497 e. The Morgan fingerprint density at radius 2 is 1.12 bits per heavy atom. The van der Waals surface area contributed by atoms with Gasteiger partial charge in [0.15, 0.2) is 6.61 Å². The van der Waals surface area contributed by atoms with Gasteiger partial charge in [-0.15, -0.1) is 0 Å². The first-order valence-electron chi connectivity index (χ1n) is 13.2. The third kappa shape index (κ3) is 6.65. The summed E-state index contributed by atoms with van der Waals surface area (Å²) >= 11 is 0. The van der Waals surface area contributed by atoms with Crippen molar-refractivity contribution >= 4 is 28.6 Å². The predicted octanol–water partition coefficient (Wildman–Crippen LogP) is 5.79. The minimum atomic E-state index is -0.674. The third-order valence-corrected chi connectivity index (χ3v) is 6.60. The van der Waals surface area contributed by atoms with Crippen molar-refractivity contribution in [2.45, 2.75) is 0 Å². The molecule has 5 rings (SSSR count). The van der Waals surface area contributed by atoms with Crippen molar-refractivity contribution in [3.8, 4) is 45.5 Å². The van der Waals surface area contributed by atoms with Gasteiger partial charge in [0.2, 0.25) is 0 Å². The van der Waals surface area contributed by atoms with Crippen molar-refractivity contribution in [3.05, 3.63) is 90.5 Å². The fourth-order valence-electron chi connectivity index (χ4n) is 4.37. The summed E-state index contributed by atoms with van der Waals surface area (Å²) in [6, 6.07) is 24.9. The Balaban J connectivity index is 1.40. The number of nitrogens with one attached hydrogen (secondary N) is 1. The molecular formula is C33H29N3O7. The lowest BCUT2D eigenvalue weighted by Crippen LogP contribution is -2.21. The number of esters is 1. The van der Waals surface area contributed by atoms with Gasteiger partial charge in [0.25, 0.3) is 5.91 Å². The number of fused-ring (bicyclic) bond motifs is 1. The van der Waals surface area contributed by atoms with Crippen molar-refractivity contribution in [2.75, 3.05) is 40.4 Å². The average Bonchev–Trinajstić information content (AvgIpc) is 3.06. The van der Waals surface area contributed by atoms with Crippen molar-refractivity contribution in [2.24, 2.45) is 0 Å². The van der Waals surface area contributed by atoms with Crippen molar-refractivity contribution in [1.29, 1.82) is 0 Å². The van der Waals surface area contributed by atoms with Crippen LogP contribution in [0.3, 0.4) is 0 Å². The Kier molecular flexibility index (Phi) is 8.66. The summed E-state index contributed by atoms with van der Waals surface area (Å²) < 4.78 is 26.3. The number of carbonyl (C=O) groups is 2. The molecule has 43 heavy (non-hydrogen) atoms. The van der Waals surface area contributed by atoms with Gasteiger partial charge in [-0.2, -0.15) is 0 Å². The molecule has 0 aliphatic rings. The molecule has 0 saturated heterocycles. The van der Waals surface area contributed by atoms with Gasteiger partial charge in [0, 0.05) is 35.0 Å². The first-order valence-corrected chi connectivity index (χ1v) is 13.2. The minimum absolute atomic E-state index is 0.232. The molecule has 10 nitrogen and oxygen atoms in total. The Labute approximate surface area is 248 Å². The van der Waals surface area contributed by atoms with Gasteiger partial charge in [-0.3, -0.25) is 4.79 Å². The van der Waals surface area contributed by atoms with E-state index in [1.54, 1.807) is 50.6 Å². The molecule has 218 valence electrons. The zero-order chi connectivity index (χ0) is 30.3. The van der Waals surface area contributed by atoms with Crippen molar-refractivity contribution in [1.82, 2.24) is 9.97 Å². The van der Waals surface area contributed by atoms with E-state index in [-0.39, 0.29) is 5.56 Å². The van der Waals surface area contributed by atoms with Crippen LogP contribution in [0.5, 0.6) is 23.0 Å². The number of hydrogen-bond donors (Lipinski definition) is 1. The number of anilines is 1. The van der Waals surface area contributed by atoms with E-state index in [0.29, 0.717) is 45.4 Å². The smallest absolute Gasteiger partial charge is 0.338 e. The fourth-order valence-corrected chi connectivity index (χ4v) is 4.37. The second-order valence-electron chi connectivity index (χ2n) is 9.31. The number of benzene rings is 4. The Bertz CT molecular complexity index is 1750. The molecular weight excluding hydrogens is 550 g/mol. The molecule has 0 saturated carbocycles. The lowest BCUT2D eigenvalue weighted by atomic mass is 10.0. The van der Waals surface area contributed by atoms with Gasteiger partial charge >= 0.3 is 5.97 Å². The van der Waals surface area contributed by atoms with Crippen LogP contribution in [0.15, 0.2) is 84.9 Å². The summed E-state index contributed by atoms with van der Waals surface area (Å²) in [7, 11) is 6.24. The lowest BCUT2D eigenvalue weighted by molar-refractivity contribution is -0.119. The van der Waals surface area contributed by atoms with Gasteiger partial charge < -0.3 is 29.0 Å². The quantitative estimate of drug-likeness (QED) is 0.205. The molecule has 0 spiro atoms. The topological polar surface area (TPSA) is 118 Å². The molecule has 10 heteroatoms. The van der Waals surface area contributed by atoms with E-state index in [9.17, 15) is 9.59 Å². The third-order valence-electron chi connectivity index (χ3n) is 6.60. The summed E-state index contributed by atoms with van der Waals surface area (Å²) in [4.78, 5) is 35.2. The van der Waals surface area contributed by atoms with Crippen LogP contribution in [0.4, 0.5) is 5.69 Å². The van der Waals surface area contributed by atoms with Crippen LogP contribution < -0.4 is 24.3 Å². The second-order valence-corrected chi connectivity index (χ2v) is 9.31. The van der Waals surface area contributed by atoms with Crippen LogP contribution in [0.2, 0.25) is 0 Å². The van der Waals surface area contributed by atoms with E-state index in [0.717, 1.165) is 16.9 Å². The van der Waals surface area contributed by atoms with Crippen LogP contribution in [0.25, 0.3) is 33.5 Å². The number of carbonyl (C=O) groups excluding carboxylic acids is 2. The number of nitrogens with zero attached hydrogens (tertiary/aromatic N) is 2. The Morgan fingerprint density at radius 3 is 1.63 bits per heavy atom. The summed E-state index contributed by atoms with van der Waals surface area (Å²) in [5, 5.41) is 2.68. The van der Waals surface area contributed by atoms with Gasteiger partial charge in [-0.25, -0.2) is 14.8 Å².